The number of ether oxygens (including phenoxy) is 3. The third-order valence-electron chi connectivity index (χ3n) is 5.04. The molecule has 32 heavy (non-hydrogen) atoms. The maximum atomic E-state index is 9.10. The normalized spacial score (nSPS) is 14.1. The second-order valence-electron chi connectivity index (χ2n) is 7.20. The third-order valence-corrected chi connectivity index (χ3v) is 5.04. The molecular weight excluding hydrogens is 416 g/mol. The number of carboxylic acids is 2. The van der Waals surface area contributed by atoms with Crippen LogP contribution < -0.4 is 14.2 Å². The summed E-state index contributed by atoms with van der Waals surface area (Å²) in [6.45, 7) is 6.19. The van der Waals surface area contributed by atoms with Crippen LogP contribution >= 0.6 is 0 Å². The lowest BCUT2D eigenvalue weighted by Gasteiger charge is -2.34. The van der Waals surface area contributed by atoms with Crippen LogP contribution in [0.15, 0.2) is 42.5 Å². The second-order valence-corrected chi connectivity index (χ2v) is 7.20. The predicted octanol–water partition coefficient (Wildman–Crippen LogP) is 2.19. The van der Waals surface area contributed by atoms with Crippen LogP contribution in [0.4, 0.5) is 0 Å². The Balaban J connectivity index is 0.000000534. The summed E-state index contributed by atoms with van der Waals surface area (Å²) in [5.74, 6) is -1.15. The number of hydrogen-bond donors (Lipinski definition) is 2. The number of carboxylic acid groups (broad SMARTS) is 2. The average Bonchev–Trinajstić information content (AvgIpc) is 2.80. The minimum atomic E-state index is -1.82. The first kappa shape index (κ1) is 25.0. The largest absolute Gasteiger partial charge is 0.497 e. The van der Waals surface area contributed by atoms with E-state index in [4.69, 9.17) is 34.0 Å². The number of carbonyl (C=O) groups is 2. The van der Waals surface area contributed by atoms with Gasteiger partial charge in [-0.05, 0) is 35.4 Å². The van der Waals surface area contributed by atoms with Crippen molar-refractivity contribution >= 4 is 11.9 Å². The minimum Gasteiger partial charge on any atom is -0.497 e. The lowest BCUT2D eigenvalue weighted by molar-refractivity contribution is -0.159. The molecule has 0 unspecified atom stereocenters. The molecule has 3 rings (SSSR count). The van der Waals surface area contributed by atoms with Crippen LogP contribution in [0, 0.1) is 0 Å². The highest BCUT2D eigenvalue weighted by Crippen LogP contribution is 2.28. The Kier molecular flexibility index (Phi) is 9.77. The van der Waals surface area contributed by atoms with Gasteiger partial charge in [0.2, 0.25) is 0 Å². The number of rotatable bonds is 7. The number of aliphatic carboxylic acids is 2. The van der Waals surface area contributed by atoms with Gasteiger partial charge in [-0.15, -0.1) is 0 Å². The van der Waals surface area contributed by atoms with Crippen molar-refractivity contribution in [2.75, 3.05) is 47.5 Å². The number of hydrogen-bond acceptors (Lipinski definition) is 7. The zero-order valence-electron chi connectivity index (χ0n) is 18.6. The second kappa shape index (κ2) is 12.5. The molecule has 1 aliphatic heterocycles. The Labute approximate surface area is 187 Å². The van der Waals surface area contributed by atoms with Gasteiger partial charge >= 0.3 is 11.9 Å². The van der Waals surface area contributed by atoms with Crippen molar-refractivity contribution in [3.63, 3.8) is 0 Å². The molecule has 9 nitrogen and oxygen atoms in total. The Bertz CT molecular complexity index is 884. The smallest absolute Gasteiger partial charge is 0.414 e. The summed E-state index contributed by atoms with van der Waals surface area (Å²) in [5, 5.41) is 14.8. The lowest BCUT2D eigenvalue weighted by atomic mass is 10.1. The molecule has 0 aromatic heterocycles. The maximum Gasteiger partial charge on any atom is 0.414 e. The standard InChI is InChI=1S/C21H28N2O3.C2H2O4/c1-24-19-6-4-5-17(13-19)15-22-9-11-23(12-10-22)16-18-7-8-20(25-2)21(14-18)26-3;3-1(4)2(5)6/h4-8,13-14H,9-12,15-16H2,1-3H3;(H,3,4)(H,5,6). The van der Waals surface area contributed by atoms with Gasteiger partial charge < -0.3 is 24.4 Å². The van der Waals surface area contributed by atoms with Crippen LogP contribution in [0.25, 0.3) is 0 Å². The average molecular weight is 447 g/mol. The number of methoxy groups -OCH3 is 3. The van der Waals surface area contributed by atoms with E-state index in [-0.39, 0.29) is 0 Å². The quantitative estimate of drug-likeness (QED) is 0.619. The molecule has 0 atom stereocenters. The predicted molar refractivity (Wildman–Crippen MR) is 118 cm³/mol. The highest BCUT2D eigenvalue weighted by molar-refractivity contribution is 6.27. The first-order chi connectivity index (χ1) is 15.4. The van der Waals surface area contributed by atoms with Crippen molar-refractivity contribution < 1.29 is 34.0 Å². The van der Waals surface area contributed by atoms with Gasteiger partial charge in [0, 0.05) is 39.3 Å². The summed E-state index contributed by atoms with van der Waals surface area (Å²) in [7, 11) is 5.06. The van der Waals surface area contributed by atoms with Crippen molar-refractivity contribution in [2.24, 2.45) is 0 Å². The van der Waals surface area contributed by atoms with Gasteiger partial charge in [0.05, 0.1) is 21.3 Å². The van der Waals surface area contributed by atoms with Crippen molar-refractivity contribution in [1.82, 2.24) is 9.80 Å². The Morgan fingerprint density at radius 3 is 1.75 bits per heavy atom. The summed E-state index contributed by atoms with van der Waals surface area (Å²) in [5.41, 5.74) is 2.56. The summed E-state index contributed by atoms with van der Waals surface area (Å²) in [6, 6.07) is 14.5. The van der Waals surface area contributed by atoms with Gasteiger partial charge in [-0.1, -0.05) is 18.2 Å². The number of benzene rings is 2. The van der Waals surface area contributed by atoms with Gasteiger partial charge in [-0.3, -0.25) is 9.80 Å². The minimum absolute atomic E-state index is 0.777. The molecule has 0 radical (unpaired) electrons. The van der Waals surface area contributed by atoms with E-state index in [9.17, 15) is 0 Å². The lowest BCUT2D eigenvalue weighted by Crippen LogP contribution is -2.45. The molecule has 0 aliphatic carbocycles. The van der Waals surface area contributed by atoms with Crippen molar-refractivity contribution in [2.45, 2.75) is 13.1 Å². The summed E-state index contributed by atoms with van der Waals surface area (Å²) in [4.78, 5) is 23.2. The molecule has 0 bridgehead atoms. The number of piperazine rings is 1. The fraction of sp³-hybridized carbons (Fsp3) is 0.391. The molecular formula is C23H30N2O7. The first-order valence-electron chi connectivity index (χ1n) is 10.1. The molecule has 1 saturated heterocycles. The van der Waals surface area contributed by atoms with Gasteiger partial charge in [0.25, 0.3) is 0 Å². The van der Waals surface area contributed by atoms with E-state index in [0.717, 1.165) is 56.5 Å². The zero-order valence-corrected chi connectivity index (χ0v) is 18.6. The van der Waals surface area contributed by atoms with E-state index >= 15 is 0 Å². The summed E-state index contributed by atoms with van der Waals surface area (Å²) < 4.78 is 16.0. The van der Waals surface area contributed by atoms with Crippen molar-refractivity contribution in [3.8, 4) is 17.2 Å². The van der Waals surface area contributed by atoms with Crippen molar-refractivity contribution in [3.05, 3.63) is 53.6 Å². The van der Waals surface area contributed by atoms with Gasteiger partial charge in [0.1, 0.15) is 5.75 Å². The Morgan fingerprint density at radius 1 is 0.750 bits per heavy atom. The fourth-order valence-corrected chi connectivity index (χ4v) is 3.37. The topological polar surface area (TPSA) is 109 Å². The third kappa shape index (κ3) is 7.75. The van der Waals surface area contributed by atoms with Crippen molar-refractivity contribution in [1.29, 1.82) is 0 Å². The molecule has 0 spiro atoms. The maximum absolute atomic E-state index is 9.10. The molecule has 1 aliphatic rings. The van der Waals surface area contributed by atoms with Crippen LogP contribution in [0.5, 0.6) is 17.2 Å². The van der Waals surface area contributed by atoms with Gasteiger partial charge in [-0.2, -0.15) is 0 Å². The van der Waals surface area contributed by atoms with E-state index in [0.29, 0.717) is 0 Å². The highest BCUT2D eigenvalue weighted by Gasteiger charge is 2.18. The van der Waals surface area contributed by atoms with Gasteiger partial charge in [-0.25, -0.2) is 9.59 Å². The summed E-state index contributed by atoms with van der Waals surface area (Å²) >= 11 is 0. The molecule has 0 amide bonds. The zero-order chi connectivity index (χ0) is 23.5. The van der Waals surface area contributed by atoms with Crippen LogP contribution in [0.2, 0.25) is 0 Å². The van der Waals surface area contributed by atoms with Crippen LogP contribution in [-0.2, 0) is 22.7 Å². The first-order valence-corrected chi connectivity index (χ1v) is 10.1. The molecule has 2 aromatic carbocycles. The van der Waals surface area contributed by atoms with Crippen LogP contribution in [0.3, 0.4) is 0 Å². The molecule has 1 heterocycles. The number of nitrogens with zero attached hydrogens (tertiary/aromatic N) is 2. The molecule has 1 fully saturated rings. The SMILES string of the molecule is COc1cccc(CN2CCN(Cc3ccc(OC)c(OC)c3)CC2)c1.O=C(O)C(=O)O. The van der Waals surface area contributed by atoms with Crippen LogP contribution in [-0.4, -0.2) is 79.5 Å². The molecule has 174 valence electrons. The van der Waals surface area contributed by atoms with E-state index in [1.807, 2.05) is 12.1 Å². The fourth-order valence-electron chi connectivity index (χ4n) is 3.37. The summed E-state index contributed by atoms with van der Waals surface area (Å²) in [6.07, 6.45) is 0. The van der Waals surface area contributed by atoms with E-state index in [1.54, 1.807) is 21.3 Å². The monoisotopic (exact) mass is 446 g/mol. The molecule has 2 aromatic rings. The van der Waals surface area contributed by atoms with E-state index < -0.39 is 11.9 Å². The molecule has 0 saturated carbocycles. The van der Waals surface area contributed by atoms with E-state index in [2.05, 4.69) is 40.1 Å². The highest BCUT2D eigenvalue weighted by atomic mass is 16.5. The molecule has 9 heteroatoms. The molecule has 2 N–H and O–H groups in total. The van der Waals surface area contributed by atoms with E-state index in [1.165, 1.54) is 11.1 Å². The Hall–Kier alpha value is -3.30. The Morgan fingerprint density at radius 2 is 1.28 bits per heavy atom. The van der Waals surface area contributed by atoms with Crippen LogP contribution in [0.1, 0.15) is 11.1 Å². The van der Waals surface area contributed by atoms with Gasteiger partial charge in [0.15, 0.2) is 11.5 Å².